The van der Waals surface area contributed by atoms with Crippen molar-refractivity contribution < 1.29 is 14.6 Å². The van der Waals surface area contributed by atoms with Crippen LogP contribution in [0.3, 0.4) is 0 Å². The second-order valence-corrected chi connectivity index (χ2v) is 6.27. The van der Waals surface area contributed by atoms with Gasteiger partial charge in [0.25, 0.3) is 0 Å². The number of aromatic nitrogens is 3. The Morgan fingerprint density at radius 1 is 1.57 bits per heavy atom. The van der Waals surface area contributed by atoms with Gasteiger partial charge >= 0.3 is 0 Å². The Kier molecular flexibility index (Phi) is 4.83. The first-order chi connectivity index (χ1) is 11.2. The number of aliphatic hydroxyl groups is 1. The number of aliphatic hydroxyl groups excluding tert-OH is 1. The van der Waals surface area contributed by atoms with Gasteiger partial charge in [-0.2, -0.15) is 0 Å². The molecule has 0 spiro atoms. The van der Waals surface area contributed by atoms with Gasteiger partial charge in [-0.3, -0.25) is 0 Å². The van der Waals surface area contributed by atoms with Gasteiger partial charge in [0.05, 0.1) is 25.1 Å². The van der Waals surface area contributed by atoms with Crippen molar-refractivity contribution in [3.63, 3.8) is 0 Å². The standard InChI is InChI=1S/C15H17IN4O3/c1-2-3-22-13-9(7-23-11(13)6-21)4-20-5-10(16)12-14(17)18-8-19-15(12)20/h2,5,8,11,21H,1,3-4,6-7H2,(H2,17,18,19)/t11-/m1/s1. The van der Waals surface area contributed by atoms with Gasteiger partial charge < -0.3 is 24.9 Å². The van der Waals surface area contributed by atoms with Gasteiger partial charge in [0.2, 0.25) is 0 Å². The lowest BCUT2D eigenvalue weighted by molar-refractivity contribution is 0.0361. The fraction of sp³-hybridized carbons (Fsp3) is 0.333. The monoisotopic (exact) mass is 428 g/mol. The zero-order valence-electron chi connectivity index (χ0n) is 12.4. The van der Waals surface area contributed by atoms with Crippen LogP contribution in [0, 0.1) is 3.57 Å². The highest BCUT2D eigenvalue weighted by Crippen LogP contribution is 2.28. The molecule has 23 heavy (non-hydrogen) atoms. The fourth-order valence-electron chi connectivity index (χ4n) is 2.60. The number of ether oxygens (including phenoxy) is 2. The van der Waals surface area contributed by atoms with Crippen LogP contribution >= 0.6 is 22.6 Å². The largest absolute Gasteiger partial charge is 0.491 e. The Labute approximate surface area is 146 Å². The zero-order valence-corrected chi connectivity index (χ0v) is 14.6. The predicted molar refractivity (Wildman–Crippen MR) is 94.7 cm³/mol. The van der Waals surface area contributed by atoms with E-state index >= 15 is 0 Å². The molecule has 1 aliphatic rings. The first kappa shape index (κ1) is 16.2. The average Bonchev–Trinajstić information content (AvgIpc) is 3.07. The van der Waals surface area contributed by atoms with Crippen LogP contribution in [-0.4, -0.2) is 45.6 Å². The molecule has 1 atom stereocenters. The molecule has 0 radical (unpaired) electrons. The number of fused-ring (bicyclic) bond motifs is 1. The van der Waals surface area contributed by atoms with Crippen molar-refractivity contribution in [2.45, 2.75) is 12.6 Å². The number of hydrogen-bond donors (Lipinski definition) is 2. The van der Waals surface area contributed by atoms with E-state index in [1.54, 1.807) is 6.08 Å². The molecular formula is C15H17IN4O3. The fourth-order valence-corrected chi connectivity index (χ4v) is 3.46. The van der Waals surface area contributed by atoms with Gasteiger partial charge in [0.15, 0.2) is 0 Å². The minimum atomic E-state index is -0.425. The quantitative estimate of drug-likeness (QED) is 0.535. The molecule has 2 aromatic rings. The van der Waals surface area contributed by atoms with E-state index < -0.39 is 6.10 Å². The lowest BCUT2D eigenvalue weighted by atomic mass is 10.2. The van der Waals surface area contributed by atoms with Crippen LogP contribution in [0.1, 0.15) is 0 Å². The normalized spacial score (nSPS) is 17.9. The van der Waals surface area contributed by atoms with E-state index in [1.807, 2.05) is 10.8 Å². The van der Waals surface area contributed by atoms with E-state index in [9.17, 15) is 5.11 Å². The van der Waals surface area contributed by atoms with Crippen molar-refractivity contribution in [3.8, 4) is 0 Å². The lowest BCUT2D eigenvalue weighted by Gasteiger charge is -2.13. The van der Waals surface area contributed by atoms with Gasteiger partial charge in [-0.1, -0.05) is 12.7 Å². The third kappa shape index (κ3) is 3.06. The molecule has 0 bridgehead atoms. The maximum absolute atomic E-state index is 9.42. The summed E-state index contributed by atoms with van der Waals surface area (Å²) >= 11 is 2.22. The summed E-state index contributed by atoms with van der Waals surface area (Å²) in [5.41, 5.74) is 7.68. The summed E-state index contributed by atoms with van der Waals surface area (Å²) in [6, 6.07) is 0. The van der Waals surface area contributed by atoms with Gasteiger partial charge in [-0.05, 0) is 22.6 Å². The Balaban J connectivity index is 1.97. The lowest BCUT2D eigenvalue weighted by Crippen LogP contribution is -2.17. The Hall–Kier alpha value is -1.65. The molecular weight excluding hydrogens is 411 g/mol. The highest BCUT2D eigenvalue weighted by molar-refractivity contribution is 14.1. The molecule has 2 aromatic heterocycles. The molecule has 122 valence electrons. The van der Waals surface area contributed by atoms with Gasteiger partial charge in [0.1, 0.15) is 36.3 Å². The van der Waals surface area contributed by atoms with E-state index in [4.69, 9.17) is 15.2 Å². The first-order valence-electron chi connectivity index (χ1n) is 7.08. The molecule has 0 unspecified atom stereocenters. The third-order valence-corrected chi connectivity index (χ3v) is 4.44. The molecule has 0 aromatic carbocycles. The molecule has 3 N–H and O–H groups in total. The summed E-state index contributed by atoms with van der Waals surface area (Å²) < 4.78 is 14.2. The van der Waals surface area contributed by atoms with E-state index in [-0.39, 0.29) is 6.61 Å². The number of hydrogen-bond acceptors (Lipinski definition) is 6. The van der Waals surface area contributed by atoms with E-state index in [1.165, 1.54) is 6.33 Å². The van der Waals surface area contributed by atoms with Crippen molar-refractivity contribution in [2.75, 3.05) is 25.6 Å². The third-order valence-electron chi connectivity index (χ3n) is 3.62. The Morgan fingerprint density at radius 3 is 3.13 bits per heavy atom. The van der Waals surface area contributed by atoms with Crippen LogP contribution in [0.5, 0.6) is 0 Å². The average molecular weight is 428 g/mol. The zero-order chi connectivity index (χ0) is 16.4. The molecule has 0 aliphatic carbocycles. The van der Waals surface area contributed by atoms with E-state index in [2.05, 4.69) is 39.1 Å². The van der Waals surface area contributed by atoms with Crippen LogP contribution in [0.25, 0.3) is 11.0 Å². The van der Waals surface area contributed by atoms with Crippen LogP contribution in [-0.2, 0) is 16.0 Å². The van der Waals surface area contributed by atoms with Crippen LogP contribution in [0.4, 0.5) is 5.82 Å². The minimum absolute atomic E-state index is 0.116. The molecule has 0 fully saturated rings. The molecule has 0 saturated heterocycles. The van der Waals surface area contributed by atoms with Crippen molar-refractivity contribution in [2.24, 2.45) is 0 Å². The summed E-state index contributed by atoms with van der Waals surface area (Å²) in [7, 11) is 0. The first-order valence-corrected chi connectivity index (χ1v) is 8.16. The SMILES string of the molecule is C=CCOC1=C(Cn2cc(I)c3c(N)ncnc32)CO[C@@H]1CO. The summed E-state index contributed by atoms with van der Waals surface area (Å²) in [5, 5.41) is 10.3. The summed E-state index contributed by atoms with van der Waals surface area (Å²) in [5.74, 6) is 1.14. The van der Waals surface area contributed by atoms with Crippen molar-refractivity contribution in [1.82, 2.24) is 14.5 Å². The molecule has 0 amide bonds. The van der Waals surface area contributed by atoms with Crippen LogP contribution in [0.2, 0.25) is 0 Å². The van der Waals surface area contributed by atoms with Crippen molar-refractivity contribution >= 4 is 39.4 Å². The van der Waals surface area contributed by atoms with Gasteiger partial charge in [-0.25, -0.2) is 9.97 Å². The number of anilines is 1. The van der Waals surface area contributed by atoms with Gasteiger partial charge in [0, 0.05) is 15.3 Å². The number of nitrogen functional groups attached to an aromatic ring is 1. The maximum Gasteiger partial charge on any atom is 0.146 e. The number of halogens is 1. The van der Waals surface area contributed by atoms with Crippen LogP contribution < -0.4 is 5.73 Å². The summed E-state index contributed by atoms with van der Waals surface area (Å²) in [4.78, 5) is 8.37. The second kappa shape index (κ2) is 6.85. The topological polar surface area (TPSA) is 95.4 Å². The van der Waals surface area contributed by atoms with Gasteiger partial charge in [-0.15, -0.1) is 0 Å². The maximum atomic E-state index is 9.42. The number of nitrogens with zero attached hydrogens (tertiary/aromatic N) is 3. The Bertz CT molecular complexity index is 771. The number of nitrogens with two attached hydrogens (primary N) is 1. The highest BCUT2D eigenvalue weighted by atomic mass is 127. The Morgan fingerprint density at radius 2 is 2.39 bits per heavy atom. The van der Waals surface area contributed by atoms with Crippen LogP contribution in [0.15, 0.2) is 36.5 Å². The second-order valence-electron chi connectivity index (χ2n) is 5.11. The van der Waals surface area contributed by atoms with E-state index in [0.717, 1.165) is 20.2 Å². The predicted octanol–water partition coefficient (Wildman–Crippen LogP) is 1.47. The summed E-state index contributed by atoms with van der Waals surface area (Å²) in [6.45, 7) is 4.87. The van der Waals surface area contributed by atoms with Crippen molar-refractivity contribution in [1.29, 1.82) is 0 Å². The minimum Gasteiger partial charge on any atom is -0.491 e. The molecule has 3 rings (SSSR count). The summed E-state index contributed by atoms with van der Waals surface area (Å²) in [6.07, 6.45) is 4.67. The molecule has 0 saturated carbocycles. The van der Waals surface area contributed by atoms with E-state index in [0.29, 0.717) is 31.3 Å². The molecule has 8 heteroatoms. The molecule has 1 aliphatic heterocycles. The molecule has 3 heterocycles. The van der Waals surface area contributed by atoms with Crippen molar-refractivity contribution in [3.05, 3.63) is 40.1 Å². The number of rotatable bonds is 6. The molecule has 7 nitrogen and oxygen atoms in total. The smallest absolute Gasteiger partial charge is 0.146 e. The highest BCUT2D eigenvalue weighted by Gasteiger charge is 2.28.